The summed E-state index contributed by atoms with van der Waals surface area (Å²) in [6, 6.07) is 3.26. The predicted molar refractivity (Wildman–Crippen MR) is 83.9 cm³/mol. The Morgan fingerprint density at radius 1 is 1.26 bits per heavy atom. The Balaban J connectivity index is 1.74. The van der Waals surface area contributed by atoms with Crippen molar-refractivity contribution < 1.29 is 18.4 Å². The van der Waals surface area contributed by atoms with E-state index in [1.54, 1.807) is 19.0 Å². The molecule has 7 heteroatoms. The molecule has 1 saturated heterocycles. The van der Waals surface area contributed by atoms with Gasteiger partial charge in [0.05, 0.1) is 5.88 Å². The number of halogens is 2. The van der Waals surface area contributed by atoms with Crippen LogP contribution in [0.25, 0.3) is 0 Å². The lowest BCUT2D eigenvalue weighted by atomic mass is 10.1. The highest BCUT2D eigenvalue weighted by atomic mass is 32.2. The van der Waals surface area contributed by atoms with Gasteiger partial charge >= 0.3 is 0 Å². The van der Waals surface area contributed by atoms with E-state index < -0.39 is 29.5 Å². The molecule has 1 aliphatic carbocycles. The van der Waals surface area contributed by atoms with Gasteiger partial charge < -0.3 is 9.80 Å². The number of nitrogens with zero attached hydrogens (tertiary/aromatic N) is 2. The number of hydrogen-bond donors (Lipinski definition) is 0. The Morgan fingerprint density at radius 2 is 1.91 bits per heavy atom. The van der Waals surface area contributed by atoms with Crippen molar-refractivity contribution in [3.63, 3.8) is 0 Å². The van der Waals surface area contributed by atoms with E-state index in [9.17, 15) is 18.4 Å². The average Bonchev–Trinajstić information content (AvgIpc) is 3.12. The molecule has 4 nitrogen and oxygen atoms in total. The first-order valence-corrected chi connectivity index (χ1v) is 8.60. The number of thioether (sulfide) groups is 1. The molecule has 0 radical (unpaired) electrons. The molecule has 1 aromatic carbocycles. The van der Waals surface area contributed by atoms with Crippen LogP contribution in [0.1, 0.15) is 17.9 Å². The van der Waals surface area contributed by atoms with Crippen LogP contribution < -0.4 is 0 Å². The van der Waals surface area contributed by atoms with Crippen molar-refractivity contribution in [3.05, 3.63) is 35.4 Å². The normalized spacial score (nSPS) is 26.3. The zero-order valence-corrected chi connectivity index (χ0v) is 13.8. The number of carbonyl (C=O) groups is 2. The Hall–Kier alpha value is -1.63. The molecule has 1 aliphatic heterocycles. The van der Waals surface area contributed by atoms with Gasteiger partial charge in [-0.2, -0.15) is 0 Å². The predicted octanol–water partition coefficient (Wildman–Crippen LogP) is 2.06. The van der Waals surface area contributed by atoms with Crippen molar-refractivity contribution in [2.75, 3.05) is 25.7 Å². The van der Waals surface area contributed by atoms with Crippen molar-refractivity contribution >= 4 is 23.6 Å². The molecule has 23 heavy (non-hydrogen) atoms. The van der Waals surface area contributed by atoms with E-state index in [4.69, 9.17) is 0 Å². The van der Waals surface area contributed by atoms with Crippen LogP contribution in [0.2, 0.25) is 0 Å². The maximum atomic E-state index is 13.8. The van der Waals surface area contributed by atoms with E-state index in [-0.39, 0.29) is 17.4 Å². The zero-order chi connectivity index (χ0) is 16.7. The van der Waals surface area contributed by atoms with Gasteiger partial charge in [0.25, 0.3) is 0 Å². The standard InChI is InChI=1S/C16H18F2N2O2S/c1-19(2)16(22)13-7-23-8-20(13)15(21)10-6-9(10)14-11(17)4-3-5-12(14)18/h3-5,9-10,13H,6-8H2,1-2H3/t9-,10+,13-/m0/s1. The monoisotopic (exact) mass is 340 g/mol. The molecule has 3 rings (SSSR count). The summed E-state index contributed by atoms with van der Waals surface area (Å²) in [7, 11) is 3.31. The van der Waals surface area contributed by atoms with E-state index in [0.717, 1.165) is 0 Å². The molecule has 0 spiro atoms. The lowest BCUT2D eigenvalue weighted by molar-refractivity contribution is -0.142. The van der Waals surface area contributed by atoms with Crippen molar-refractivity contribution in [2.45, 2.75) is 18.4 Å². The lowest BCUT2D eigenvalue weighted by Gasteiger charge is -2.25. The molecule has 1 saturated carbocycles. The highest BCUT2D eigenvalue weighted by Gasteiger charge is 2.50. The minimum absolute atomic E-state index is 0.00631. The van der Waals surface area contributed by atoms with Crippen molar-refractivity contribution in [2.24, 2.45) is 5.92 Å². The van der Waals surface area contributed by atoms with Crippen molar-refractivity contribution in [3.8, 4) is 0 Å². The molecule has 0 aromatic heterocycles. The summed E-state index contributed by atoms with van der Waals surface area (Å²) in [5.41, 5.74) is -0.00631. The number of amides is 2. The van der Waals surface area contributed by atoms with Crippen molar-refractivity contribution in [1.29, 1.82) is 0 Å². The lowest BCUT2D eigenvalue weighted by Crippen LogP contribution is -2.47. The average molecular weight is 340 g/mol. The van der Waals surface area contributed by atoms with Gasteiger partial charge in [0.15, 0.2) is 0 Å². The molecule has 0 N–H and O–H groups in total. The maximum Gasteiger partial charge on any atom is 0.245 e. The van der Waals surface area contributed by atoms with Gasteiger partial charge in [-0.1, -0.05) is 6.07 Å². The molecule has 2 amide bonds. The van der Waals surface area contributed by atoms with Crippen molar-refractivity contribution in [1.82, 2.24) is 9.80 Å². The third-order valence-electron chi connectivity index (χ3n) is 4.37. The fraction of sp³-hybridized carbons (Fsp3) is 0.500. The first-order chi connectivity index (χ1) is 10.9. The molecule has 1 aromatic rings. The molecule has 1 heterocycles. The highest BCUT2D eigenvalue weighted by molar-refractivity contribution is 7.99. The second kappa shape index (κ2) is 6.11. The first kappa shape index (κ1) is 16.2. The summed E-state index contributed by atoms with van der Waals surface area (Å²) < 4.78 is 27.7. The number of likely N-dealkylation sites (N-methyl/N-ethyl adjacent to an activating group) is 1. The maximum absolute atomic E-state index is 13.8. The number of rotatable bonds is 3. The molecular weight excluding hydrogens is 322 g/mol. The van der Waals surface area contributed by atoms with Crippen LogP contribution in [0.3, 0.4) is 0 Å². The summed E-state index contributed by atoms with van der Waals surface area (Å²) in [5.74, 6) is -1.35. The van der Waals surface area contributed by atoms with E-state index in [1.807, 2.05) is 0 Å². The van der Waals surface area contributed by atoms with Crippen LogP contribution in [-0.4, -0.2) is 53.4 Å². The summed E-state index contributed by atoms with van der Waals surface area (Å²) in [4.78, 5) is 27.8. The topological polar surface area (TPSA) is 40.6 Å². The Morgan fingerprint density at radius 3 is 2.52 bits per heavy atom. The van der Waals surface area contributed by atoms with Gasteiger partial charge in [-0.25, -0.2) is 8.78 Å². The van der Waals surface area contributed by atoms with Gasteiger partial charge in [-0.05, 0) is 18.6 Å². The highest BCUT2D eigenvalue weighted by Crippen LogP contribution is 2.50. The molecule has 2 fully saturated rings. The van der Waals surface area contributed by atoms with Crippen LogP contribution >= 0.6 is 11.8 Å². The van der Waals surface area contributed by atoms with E-state index in [2.05, 4.69) is 0 Å². The summed E-state index contributed by atoms with van der Waals surface area (Å²) in [6.45, 7) is 0. The molecule has 0 unspecified atom stereocenters. The molecule has 124 valence electrons. The summed E-state index contributed by atoms with van der Waals surface area (Å²) >= 11 is 1.52. The number of benzene rings is 1. The van der Waals surface area contributed by atoms with Gasteiger partial charge in [-0.3, -0.25) is 9.59 Å². The third kappa shape index (κ3) is 2.94. The van der Waals surface area contributed by atoms with Crippen LogP contribution in [0.15, 0.2) is 18.2 Å². The minimum Gasteiger partial charge on any atom is -0.347 e. The van der Waals surface area contributed by atoms with Gasteiger partial charge in [0.1, 0.15) is 17.7 Å². The molecule has 3 atom stereocenters. The first-order valence-electron chi connectivity index (χ1n) is 7.45. The Labute approximate surface area is 137 Å². The number of hydrogen-bond acceptors (Lipinski definition) is 3. The van der Waals surface area contributed by atoms with Crippen LogP contribution in [0, 0.1) is 17.6 Å². The molecular formula is C16H18F2N2O2S. The quantitative estimate of drug-likeness (QED) is 0.846. The van der Waals surface area contributed by atoms with Crippen LogP contribution in [0.5, 0.6) is 0 Å². The third-order valence-corrected chi connectivity index (χ3v) is 5.38. The van der Waals surface area contributed by atoms with E-state index in [1.165, 1.54) is 34.9 Å². The second-order valence-corrected chi connectivity index (χ2v) is 7.14. The molecule has 2 aliphatic rings. The minimum atomic E-state index is -0.609. The number of carbonyl (C=O) groups excluding carboxylic acids is 2. The van der Waals surface area contributed by atoms with Gasteiger partial charge in [-0.15, -0.1) is 11.8 Å². The van der Waals surface area contributed by atoms with Crippen LogP contribution in [0.4, 0.5) is 8.78 Å². The fourth-order valence-electron chi connectivity index (χ4n) is 3.03. The smallest absolute Gasteiger partial charge is 0.245 e. The van der Waals surface area contributed by atoms with E-state index >= 15 is 0 Å². The Bertz CT molecular complexity index is 633. The largest absolute Gasteiger partial charge is 0.347 e. The zero-order valence-electron chi connectivity index (χ0n) is 13.0. The van der Waals surface area contributed by atoms with Crippen LogP contribution in [-0.2, 0) is 9.59 Å². The van der Waals surface area contributed by atoms with Gasteiger partial charge in [0, 0.05) is 37.2 Å². The fourth-order valence-corrected chi connectivity index (χ4v) is 4.18. The Kier molecular flexibility index (Phi) is 4.31. The summed E-state index contributed by atoms with van der Waals surface area (Å²) in [6.07, 6.45) is 0.431. The summed E-state index contributed by atoms with van der Waals surface area (Å²) in [5, 5.41) is 0. The molecule has 0 bridgehead atoms. The second-order valence-electron chi connectivity index (χ2n) is 6.14. The van der Waals surface area contributed by atoms with E-state index in [0.29, 0.717) is 18.1 Å². The van der Waals surface area contributed by atoms with Gasteiger partial charge in [0.2, 0.25) is 11.8 Å². The SMILES string of the molecule is CN(C)C(=O)[C@@H]1CSCN1C(=O)[C@@H]1C[C@@H]1c1c(F)cccc1F.